The molecule has 0 amide bonds. The van der Waals surface area contributed by atoms with Gasteiger partial charge < -0.3 is 14.5 Å². The zero-order chi connectivity index (χ0) is 19.7. The second-order valence-corrected chi connectivity index (χ2v) is 6.98. The number of ether oxygens (including phenoxy) is 1. The molecule has 0 radical (unpaired) electrons. The minimum atomic E-state index is -0.751. The Kier molecular flexibility index (Phi) is 5.00. The van der Waals surface area contributed by atoms with Crippen LogP contribution in [0.1, 0.15) is 0 Å². The van der Waals surface area contributed by atoms with Crippen molar-refractivity contribution in [1.82, 2.24) is 15.1 Å². The number of methoxy groups -OCH3 is 1. The summed E-state index contributed by atoms with van der Waals surface area (Å²) >= 11 is 0. The molecule has 2 heterocycles. The fraction of sp³-hybridized carbons (Fsp3) is 0.286. The average Bonchev–Trinajstić information content (AvgIpc) is 3.19. The summed E-state index contributed by atoms with van der Waals surface area (Å²) in [4.78, 5) is 4.69. The topological polar surface area (TPSA) is 44.4 Å². The molecule has 7 heteroatoms. The predicted molar refractivity (Wildman–Crippen MR) is 106 cm³/mol. The Bertz CT molecular complexity index is 940. The van der Waals surface area contributed by atoms with Crippen molar-refractivity contribution in [1.29, 1.82) is 0 Å². The van der Waals surface area contributed by atoms with Crippen molar-refractivity contribution in [3.05, 3.63) is 54.1 Å². The lowest BCUT2D eigenvalue weighted by molar-refractivity contribution is 0.313. The first-order valence-electron chi connectivity index (χ1n) is 9.18. The number of H-pyrrole nitrogens is 1. The van der Waals surface area contributed by atoms with Gasteiger partial charge in [-0.1, -0.05) is 12.1 Å². The third-order valence-electron chi connectivity index (χ3n) is 5.12. The molecule has 5 nitrogen and oxygen atoms in total. The number of rotatable bonds is 4. The summed E-state index contributed by atoms with van der Waals surface area (Å²) in [5.74, 6) is -1.89. The summed E-state index contributed by atoms with van der Waals surface area (Å²) in [6, 6.07) is 12.5. The molecule has 1 aliphatic heterocycles. The van der Waals surface area contributed by atoms with Crippen molar-refractivity contribution < 1.29 is 13.5 Å². The van der Waals surface area contributed by atoms with E-state index in [9.17, 15) is 8.78 Å². The molecule has 1 fully saturated rings. The summed E-state index contributed by atoms with van der Waals surface area (Å²) in [6.07, 6.45) is 0. The number of piperazine rings is 1. The minimum Gasteiger partial charge on any atom is -0.491 e. The Morgan fingerprint density at radius 1 is 0.929 bits per heavy atom. The van der Waals surface area contributed by atoms with Gasteiger partial charge in [0.25, 0.3) is 0 Å². The Morgan fingerprint density at radius 3 is 2.18 bits per heavy atom. The molecule has 1 aliphatic rings. The van der Waals surface area contributed by atoms with Crippen molar-refractivity contribution in [2.24, 2.45) is 0 Å². The fourth-order valence-electron chi connectivity index (χ4n) is 3.44. The molecular formula is C21H22F2N4O. The van der Waals surface area contributed by atoms with Crippen LogP contribution in [0.25, 0.3) is 22.5 Å². The zero-order valence-electron chi connectivity index (χ0n) is 15.9. The summed E-state index contributed by atoms with van der Waals surface area (Å²) in [5, 5.41) is 7.15. The summed E-state index contributed by atoms with van der Waals surface area (Å²) in [5.41, 5.74) is 3.77. The van der Waals surface area contributed by atoms with Gasteiger partial charge >= 0.3 is 0 Å². The van der Waals surface area contributed by atoms with E-state index in [1.165, 1.54) is 24.9 Å². The highest BCUT2D eigenvalue weighted by Gasteiger charge is 2.16. The Hall–Kier alpha value is -2.93. The molecule has 3 aromatic rings. The lowest BCUT2D eigenvalue weighted by Gasteiger charge is -2.34. The van der Waals surface area contributed by atoms with Crippen molar-refractivity contribution in [3.63, 3.8) is 0 Å². The van der Waals surface area contributed by atoms with Crippen LogP contribution < -0.4 is 9.64 Å². The van der Waals surface area contributed by atoms with Gasteiger partial charge in [-0.15, -0.1) is 0 Å². The van der Waals surface area contributed by atoms with Crippen LogP contribution in [-0.2, 0) is 0 Å². The highest BCUT2D eigenvalue weighted by atomic mass is 19.1. The van der Waals surface area contributed by atoms with Gasteiger partial charge in [0.15, 0.2) is 17.4 Å². The van der Waals surface area contributed by atoms with Gasteiger partial charge in [-0.25, -0.2) is 8.78 Å². The molecule has 0 aliphatic carbocycles. The SMILES string of the molecule is COc1c(F)cc(-c2cc(-c3ccc(N4CCN(C)CC4)cc3)[nH]n2)cc1F. The number of aromatic amines is 1. The lowest BCUT2D eigenvalue weighted by Crippen LogP contribution is -2.44. The average molecular weight is 384 g/mol. The summed E-state index contributed by atoms with van der Waals surface area (Å²) in [7, 11) is 3.37. The number of aromatic nitrogens is 2. The van der Waals surface area contributed by atoms with Gasteiger partial charge in [-0.2, -0.15) is 5.10 Å². The fourth-order valence-corrected chi connectivity index (χ4v) is 3.44. The van der Waals surface area contributed by atoms with E-state index >= 15 is 0 Å². The molecule has 0 spiro atoms. The van der Waals surface area contributed by atoms with Crippen LogP contribution in [0.4, 0.5) is 14.5 Å². The van der Waals surface area contributed by atoms with E-state index in [2.05, 4.69) is 39.2 Å². The van der Waals surface area contributed by atoms with Gasteiger partial charge in [0, 0.05) is 37.4 Å². The van der Waals surface area contributed by atoms with E-state index in [1.54, 1.807) is 6.07 Å². The van der Waals surface area contributed by atoms with Gasteiger partial charge in [0.05, 0.1) is 18.5 Å². The molecule has 0 unspecified atom stereocenters. The van der Waals surface area contributed by atoms with E-state index in [4.69, 9.17) is 4.74 Å². The minimum absolute atomic E-state index is 0.354. The Morgan fingerprint density at radius 2 is 1.57 bits per heavy atom. The molecule has 0 atom stereocenters. The van der Waals surface area contributed by atoms with Gasteiger partial charge in [-0.3, -0.25) is 5.10 Å². The normalized spacial score (nSPS) is 15.1. The van der Waals surface area contributed by atoms with E-state index < -0.39 is 11.6 Å². The number of hydrogen-bond acceptors (Lipinski definition) is 4. The highest BCUT2D eigenvalue weighted by molar-refractivity contribution is 5.70. The summed E-state index contributed by atoms with van der Waals surface area (Å²) < 4.78 is 32.6. The van der Waals surface area contributed by atoms with Crippen LogP contribution in [0.15, 0.2) is 42.5 Å². The number of nitrogens with one attached hydrogen (secondary N) is 1. The van der Waals surface area contributed by atoms with Crippen LogP contribution in [0.5, 0.6) is 5.75 Å². The molecule has 2 aromatic carbocycles. The van der Waals surface area contributed by atoms with E-state index in [0.29, 0.717) is 11.3 Å². The number of likely N-dealkylation sites (N-methyl/N-ethyl adjacent to an activating group) is 1. The number of anilines is 1. The molecule has 146 valence electrons. The maximum atomic E-state index is 14.0. The standard InChI is InChI=1S/C21H22F2N4O/c1-26-7-9-27(10-8-26)16-5-3-14(4-6-16)19-13-20(25-24-19)15-11-17(22)21(28-2)18(23)12-15/h3-6,11-13H,7-10H2,1-2H3,(H,24,25). The quantitative estimate of drug-likeness (QED) is 0.744. The predicted octanol–water partition coefficient (Wildman–Crippen LogP) is 3.78. The van der Waals surface area contributed by atoms with Crippen LogP contribution in [-0.4, -0.2) is 55.4 Å². The lowest BCUT2D eigenvalue weighted by atomic mass is 10.1. The van der Waals surface area contributed by atoms with Gasteiger partial charge in [0.1, 0.15) is 0 Å². The Balaban J connectivity index is 1.55. The van der Waals surface area contributed by atoms with Crippen LogP contribution in [0, 0.1) is 11.6 Å². The van der Waals surface area contributed by atoms with Gasteiger partial charge in [-0.05, 0) is 42.9 Å². The molecule has 28 heavy (non-hydrogen) atoms. The van der Waals surface area contributed by atoms with Crippen LogP contribution in [0.2, 0.25) is 0 Å². The van der Waals surface area contributed by atoms with E-state index in [-0.39, 0.29) is 5.75 Å². The molecule has 1 N–H and O–H groups in total. The summed E-state index contributed by atoms with van der Waals surface area (Å²) in [6.45, 7) is 4.14. The molecule has 4 rings (SSSR count). The van der Waals surface area contributed by atoms with Gasteiger partial charge in [0.2, 0.25) is 0 Å². The first-order chi connectivity index (χ1) is 13.5. The number of hydrogen-bond donors (Lipinski definition) is 1. The maximum Gasteiger partial charge on any atom is 0.190 e. The second-order valence-electron chi connectivity index (χ2n) is 6.98. The van der Waals surface area contributed by atoms with E-state index in [1.807, 2.05) is 12.1 Å². The third kappa shape index (κ3) is 3.57. The first kappa shape index (κ1) is 18.4. The largest absolute Gasteiger partial charge is 0.491 e. The highest BCUT2D eigenvalue weighted by Crippen LogP contribution is 2.30. The molecule has 0 saturated carbocycles. The van der Waals surface area contributed by atoms with Crippen molar-refractivity contribution in [2.45, 2.75) is 0 Å². The maximum absolute atomic E-state index is 14.0. The zero-order valence-corrected chi connectivity index (χ0v) is 15.9. The van der Waals surface area contributed by atoms with Crippen LogP contribution in [0.3, 0.4) is 0 Å². The number of nitrogens with zero attached hydrogens (tertiary/aromatic N) is 3. The van der Waals surface area contributed by atoms with Crippen molar-refractivity contribution in [2.75, 3.05) is 45.2 Å². The monoisotopic (exact) mass is 384 g/mol. The van der Waals surface area contributed by atoms with Crippen molar-refractivity contribution in [3.8, 4) is 28.3 Å². The molecule has 0 bridgehead atoms. The number of halogens is 2. The Labute approximate surface area is 162 Å². The third-order valence-corrected chi connectivity index (χ3v) is 5.12. The molecule has 1 aromatic heterocycles. The van der Waals surface area contributed by atoms with Crippen molar-refractivity contribution >= 4 is 5.69 Å². The molecule has 1 saturated heterocycles. The number of benzene rings is 2. The first-order valence-corrected chi connectivity index (χ1v) is 9.18. The smallest absolute Gasteiger partial charge is 0.190 e. The van der Waals surface area contributed by atoms with E-state index in [0.717, 1.165) is 37.4 Å². The molecular weight excluding hydrogens is 362 g/mol. The van der Waals surface area contributed by atoms with Crippen LogP contribution >= 0.6 is 0 Å². The second kappa shape index (κ2) is 7.59.